The van der Waals surface area contributed by atoms with Gasteiger partial charge in [0.05, 0.1) is 12.6 Å². The van der Waals surface area contributed by atoms with E-state index < -0.39 is 0 Å². The normalized spacial score (nSPS) is 12.3. The highest BCUT2D eigenvalue weighted by molar-refractivity contribution is 5.91. The Morgan fingerprint density at radius 3 is 2.53 bits per heavy atom. The summed E-state index contributed by atoms with van der Waals surface area (Å²) in [7, 11) is 1.54. The van der Waals surface area contributed by atoms with Crippen LogP contribution in [0.1, 0.15) is 24.3 Å². The van der Waals surface area contributed by atoms with Crippen molar-refractivity contribution in [2.75, 3.05) is 19.0 Å². The molecular weight excluding hydrogens is 220 g/mol. The van der Waals surface area contributed by atoms with Gasteiger partial charge in [-0.05, 0) is 18.1 Å². The molecule has 1 atom stereocenters. The van der Waals surface area contributed by atoms with Crippen molar-refractivity contribution < 1.29 is 9.90 Å². The van der Waals surface area contributed by atoms with Crippen LogP contribution in [0.15, 0.2) is 12.1 Å². The Kier molecular flexibility index (Phi) is 4.84. The van der Waals surface area contributed by atoms with E-state index in [1.54, 1.807) is 12.1 Å². The molecule has 0 aromatic carbocycles. The van der Waals surface area contributed by atoms with Gasteiger partial charge in [0.2, 0.25) is 0 Å². The van der Waals surface area contributed by atoms with Gasteiger partial charge in [-0.15, -0.1) is 10.2 Å². The maximum absolute atomic E-state index is 11.2. The molecule has 1 unspecified atom stereocenters. The predicted molar refractivity (Wildman–Crippen MR) is 64.8 cm³/mol. The Morgan fingerprint density at radius 1 is 1.41 bits per heavy atom. The molecule has 0 fully saturated rings. The second kappa shape index (κ2) is 6.15. The molecule has 6 heteroatoms. The third-order valence-corrected chi connectivity index (χ3v) is 2.46. The maximum Gasteiger partial charge on any atom is 0.271 e. The Morgan fingerprint density at radius 2 is 2.12 bits per heavy atom. The summed E-state index contributed by atoms with van der Waals surface area (Å²) in [5, 5.41) is 22.4. The smallest absolute Gasteiger partial charge is 0.271 e. The number of hydrogen-bond acceptors (Lipinski definition) is 5. The summed E-state index contributed by atoms with van der Waals surface area (Å²) < 4.78 is 0. The summed E-state index contributed by atoms with van der Waals surface area (Å²) in [5.41, 5.74) is 0.267. The molecule has 94 valence electrons. The number of carbonyl (C=O) groups excluding carboxylic acids is 1. The van der Waals surface area contributed by atoms with Crippen molar-refractivity contribution in [1.29, 1.82) is 0 Å². The second-order valence-corrected chi connectivity index (χ2v) is 4.06. The fraction of sp³-hybridized carbons (Fsp3) is 0.545. The van der Waals surface area contributed by atoms with Crippen molar-refractivity contribution in [3.8, 4) is 0 Å². The molecule has 0 aliphatic rings. The Hall–Kier alpha value is -1.69. The molecule has 0 aliphatic heterocycles. The Bertz CT molecular complexity index is 364. The average Bonchev–Trinajstić information content (AvgIpc) is 2.35. The molecule has 1 aromatic heterocycles. The first-order chi connectivity index (χ1) is 8.08. The number of anilines is 1. The van der Waals surface area contributed by atoms with Crippen LogP contribution in [0.3, 0.4) is 0 Å². The summed E-state index contributed by atoms with van der Waals surface area (Å²) in [4.78, 5) is 11.2. The molecule has 0 spiro atoms. The summed E-state index contributed by atoms with van der Waals surface area (Å²) in [6.07, 6.45) is 0. The molecule has 1 aromatic rings. The molecule has 1 rings (SSSR count). The highest BCUT2D eigenvalue weighted by Gasteiger charge is 2.13. The van der Waals surface area contributed by atoms with Gasteiger partial charge in [-0.3, -0.25) is 4.79 Å². The minimum absolute atomic E-state index is 0.0243. The van der Waals surface area contributed by atoms with Gasteiger partial charge >= 0.3 is 0 Å². The third kappa shape index (κ3) is 3.67. The van der Waals surface area contributed by atoms with E-state index >= 15 is 0 Å². The van der Waals surface area contributed by atoms with Crippen LogP contribution in [0.4, 0.5) is 5.82 Å². The highest BCUT2D eigenvalue weighted by Crippen LogP contribution is 2.09. The predicted octanol–water partition coefficient (Wildman–Crippen LogP) is 0.265. The minimum Gasteiger partial charge on any atom is -0.394 e. The number of aliphatic hydroxyl groups excluding tert-OH is 1. The van der Waals surface area contributed by atoms with Crippen molar-refractivity contribution in [3.05, 3.63) is 17.8 Å². The van der Waals surface area contributed by atoms with E-state index in [2.05, 4.69) is 20.8 Å². The quantitative estimate of drug-likeness (QED) is 0.685. The lowest BCUT2D eigenvalue weighted by Crippen LogP contribution is -2.30. The Labute approximate surface area is 100 Å². The molecule has 3 N–H and O–H groups in total. The Balaban J connectivity index is 2.71. The molecule has 0 bridgehead atoms. The standard InChI is InChI=1S/C11H18N4O2/c1-7(2)9(6-16)13-10-5-4-8(14-15-10)11(17)12-3/h4-5,7,9,16H,6H2,1-3H3,(H,12,17)(H,13,15). The molecule has 0 aliphatic carbocycles. The summed E-state index contributed by atoms with van der Waals surface area (Å²) in [6.45, 7) is 4.02. The van der Waals surface area contributed by atoms with Crippen LogP contribution in [0.5, 0.6) is 0 Å². The van der Waals surface area contributed by atoms with Crippen molar-refractivity contribution in [2.24, 2.45) is 5.92 Å². The molecule has 17 heavy (non-hydrogen) atoms. The third-order valence-electron chi connectivity index (χ3n) is 2.46. The van der Waals surface area contributed by atoms with E-state index in [-0.39, 0.29) is 30.2 Å². The van der Waals surface area contributed by atoms with E-state index in [1.165, 1.54) is 7.05 Å². The summed E-state index contributed by atoms with van der Waals surface area (Å²) >= 11 is 0. The highest BCUT2D eigenvalue weighted by atomic mass is 16.3. The molecule has 1 amide bonds. The van der Waals surface area contributed by atoms with Crippen LogP contribution >= 0.6 is 0 Å². The molecule has 6 nitrogen and oxygen atoms in total. The minimum atomic E-state index is -0.272. The van der Waals surface area contributed by atoms with E-state index in [1.807, 2.05) is 13.8 Å². The fourth-order valence-corrected chi connectivity index (χ4v) is 1.27. The van der Waals surface area contributed by atoms with Gasteiger partial charge in [-0.25, -0.2) is 0 Å². The lowest BCUT2D eigenvalue weighted by molar-refractivity contribution is 0.0957. The topological polar surface area (TPSA) is 87.1 Å². The van der Waals surface area contributed by atoms with Gasteiger partial charge in [0.1, 0.15) is 5.82 Å². The van der Waals surface area contributed by atoms with Crippen LogP contribution in [0.25, 0.3) is 0 Å². The molecular formula is C11H18N4O2. The van der Waals surface area contributed by atoms with Gasteiger partial charge in [-0.2, -0.15) is 0 Å². The summed E-state index contributed by atoms with van der Waals surface area (Å²) in [5.74, 6) is 0.553. The van der Waals surface area contributed by atoms with Gasteiger partial charge in [0.25, 0.3) is 5.91 Å². The van der Waals surface area contributed by atoms with Crippen LogP contribution in [0.2, 0.25) is 0 Å². The number of aliphatic hydroxyl groups is 1. The number of aromatic nitrogens is 2. The molecule has 0 saturated carbocycles. The van der Waals surface area contributed by atoms with Crippen LogP contribution in [0, 0.1) is 5.92 Å². The van der Waals surface area contributed by atoms with Gasteiger partial charge in [-0.1, -0.05) is 13.8 Å². The lowest BCUT2D eigenvalue weighted by atomic mass is 10.1. The number of hydrogen-bond donors (Lipinski definition) is 3. The molecule has 0 saturated heterocycles. The van der Waals surface area contributed by atoms with E-state index in [0.29, 0.717) is 5.82 Å². The first kappa shape index (κ1) is 13.4. The maximum atomic E-state index is 11.2. The van der Waals surface area contributed by atoms with Crippen molar-refractivity contribution in [2.45, 2.75) is 19.9 Å². The van der Waals surface area contributed by atoms with Gasteiger partial charge < -0.3 is 15.7 Å². The van der Waals surface area contributed by atoms with Crippen LogP contribution in [-0.4, -0.2) is 40.9 Å². The zero-order valence-electron chi connectivity index (χ0n) is 10.3. The first-order valence-electron chi connectivity index (χ1n) is 5.51. The SMILES string of the molecule is CNC(=O)c1ccc(NC(CO)C(C)C)nn1. The monoisotopic (exact) mass is 238 g/mol. The first-order valence-corrected chi connectivity index (χ1v) is 5.51. The molecule has 0 radical (unpaired) electrons. The van der Waals surface area contributed by atoms with E-state index in [9.17, 15) is 4.79 Å². The van der Waals surface area contributed by atoms with Crippen molar-refractivity contribution in [3.63, 3.8) is 0 Å². The number of nitrogens with zero attached hydrogens (tertiary/aromatic N) is 2. The van der Waals surface area contributed by atoms with E-state index in [4.69, 9.17) is 5.11 Å². The number of rotatable bonds is 5. The fourth-order valence-electron chi connectivity index (χ4n) is 1.27. The second-order valence-electron chi connectivity index (χ2n) is 4.06. The number of amides is 1. The number of nitrogens with one attached hydrogen (secondary N) is 2. The van der Waals surface area contributed by atoms with Crippen LogP contribution < -0.4 is 10.6 Å². The van der Waals surface area contributed by atoms with E-state index in [0.717, 1.165) is 0 Å². The lowest BCUT2D eigenvalue weighted by Gasteiger charge is -2.19. The average molecular weight is 238 g/mol. The van der Waals surface area contributed by atoms with Gasteiger partial charge in [0.15, 0.2) is 5.69 Å². The number of carbonyl (C=O) groups is 1. The van der Waals surface area contributed by atoms with Crippen LogP contribution in [-0.2, 0) is 0 Å². The zero-order chi connectivity index (χ0) is 12.8. The van der Waals surface area contributed by atoms with Crippen molar-refractivity contribution in [1.82, 2.24) is 15.5 Å². The zero-order valence-corrected chi connectivity index (χ0v) is 10.3. The molecule has 1 heterocycles. The van der Waals surface area contributed by atoms with Gasteiger partial charge in [0, 0.05) is 7.05 Å². The van der Waals surface area contributed by atoms with Crippen molar-refractivity contribution >= 4 is 11.7 Å². The summed E-state index contributed by atoms with van der Waals surface area (Å²) in [6, 6.07) is 3.18. The largest absolute Gasteiger partial charge is 0.394 e.